The van der Waals surface area contributed by atoms with Gasteiger partial charge in [0.1, 0.15) is 12.2 Å². The van der Waals surface area contributed by atoms with Gasteiger partial charge in [0.05, 0.1) is 29.2 Å². The molecule has 2 aliphatic rings. The van der Waals surface area contributed by atoms with Gasteiger partial charge in [-0.15, -0.1) is 0 Å². The van der Waals surface area contributed by atoms with Crippen LogP contribution in [0.3, 0.4) is 0 Å². The van der Waals surface area contributed by atoms with Crippen LogP contribution in [0.1, 0.15) is 25.7 Å². The molecular weight excluding hydrogens is 554 g/mol. The zero-order chi connectivity index (χ0) is 27.6. The lowest BCUT2D eigenvalue weighted by atomic mass is 9.60. The molecule has 5 rings (SSSR count). The van der Waals surface area contributed by atoms with E-state index < -0.39 is 7.14 Å². The van der Waals surface area contributed by atoms with E-state index in [4.69, 9.17) is 28.3 Å². The van der Waals surface area contributed by atoms with E-state index in [0.29, 0.717) is 45.5 Å². The van der Waals surface area contributed by atoms with Gasteiger partial charge in [0.2, 0.25) is 5.95 Å². The second kappa shape index (κ2) is 11.6. The van der Waals surface area contributed by atoms with Crippen molar-refractivity contribution in [1.82, 2.24) is 15.3 Å². The summed E-state index contributed by atoms with van der Waals surface area (Å²) in [6, 6.07) is 13.9. The van der Waals surface area contributed by atoms with Crippen molar-refractivity contribution in [3.63, 3.8) is 0 Å². The van der Waals surface area contributed by atoms with Gasteiger partial charge < -0.3 is 30.5 Å². The molecule has 0 amide bonds. The summed E-state index contributed by atoms with van der Waals surface area (Å²) in [4.78, 5) is 11.2. The van der Waals surface area contributed by atoms with Crippen molar-refractivity contribution in [2.24, 2.45) is 5.41 Å². The minimum atomic E-state index is -2.50. The van der Waals surface area contributed by atoms with Crippen molar-refractivity contribution in [2.45, 2.75) is 31.7 Å². The fourth-order valence-electron chi connectivity index (χ4n) is 5.69. The van der Waals surface area contributed by atoms with Gasteiger partial charge in [-0.1, -0.05) is 35.3 Å². The third kappa shape index (κ3) is 6.53. The molecule has 2 heterocycles. The highest BCUT2D eigenvalue weighted by Gasteiger charge is 2.45. The molecular formula is C28H35Cl2N6O2P. The molecule has 2 fully saturated rings. The molecule has 208 valence electrons. The standard InChI is InChI=1S/C28H35Cl2N6O2P/c1-39(2,38)25-6-4-3-5-23(25)34-26-22(30)18-32-27(35-26)33-19-7-8-24(21(29)15-19)36-12-9-28(10-13-36)16-20(17-28)31-11-14-37/h3-8,15,18,20,31,37H,9-14,16-17H2,1-2H3,(H2,32,33,34,35). The van der Waals surface area contributed by atoms with E-state index in [1.54, 1.807) is 13.3 Å². The first-order chi connectivity index (χ1) is 18.7. The Hall–Kier alpha value is -2.35. The highest BCUT2D eigenvalue weighted by atomic mass is 35.5. The van der Waals surface area contributed by atoms with Gasteiger partial charge in [0, 0.05) is 36.7 Å². The summed E-state index contributed by atoms with van der Waals surface area (Å²) in [5.41, 5.74) is 2.94. The SMILES string of the molecule is CP(C)(=O)c1ccccc1Nc1nc(Nc2ccc(N3CCC4(CC3)CC(NCCO)C4)c(Cl)c2)ncc1Cl. The molecule has 1 aliphatic carbocycles. The molecule has 1 aliphatic heterocycles. The number of aromatic nitrogens is 2. The monoisotopic (exact) mass is 588 g/mol. The lowest BCUT2D eigenvalue weighted by Crippen LogP contribution is -2.54. The van der Waals surface area contributed by atoms with Crippen molar-refractivity contribution in [1.29, 1.82) is 0 Å². The number of piperidine rings is 1. The molecule has 11 heteroatoms. The Kier molecular flexibility index (Phi) is 8.41. The summed E-state index contributed by atoms with van der Waals surface area (Å²) in [5, 5.41) is 20.7. The Morgan fingerprint density at radius 3 is 2.51 bits per heavy atom. The average molecular weight is 590 g/mol. The predicted octanol–water partition coefficient (Wildman–Crippen LogP) is 5.85. The zero-order valence-corrected chi connectivity index (χ0v) is 24.7. The Labute approximate surface area is 239 Å². The van der Waals surface area contributed by atoms with E-state index in [1.165, 1.54) is 19.0 Å². The van der Waals surface area contributed by atoms with Crippen LogP contribution in [-0.4, -0.2) is 60.7 Å². The number of aliphatic hydroxyl groups is 1. The molecule has 8 nitrogen and oxygen atoms in total. The lowest BCUT2D eigenvalue weighted by Gasteiger charge is -2.53. The number of aliphatic hydroxyl groups excluding tert-OH is 1. The van der Waals surface area contributed by atoms with E-state index in [0.717, 1.165) is 42.6 Å². The molecule has 3 aromatic rings. The van der Waals surface area contributed by atoms with Crippen LogP contribution in [0.15, 0.2) is 48.7 Å². The largest absolute Gasteiger partial charge is 0.395 e. The van der Waals surface area contributed by atoms with Crippen LogP contribution in [0, 0.1) is 5.41 Å². The normalized spacial score (nSPS) is 17.2. The van der Waals surface area contributed by atoms with Crippen molar-refractivity contribution in [3.05, 3.63) is 58.7 Å². The number of hydrogen-bond acceptors (Lipinski definition) is 8. The number of halogens is 2. The van der Waals surface area contributed by atoms with Crippen LogP contribution < -0.4 is 26.2 Å². The molecule has 1 spiro atoms. The molecule has 0 unspecified atom stereocenters. The Balaban J connectivity index is 1.23. The smallest absolute Gasteiger partial charge is 0.229 e. The molecule has 4 N–H and O–H groups in total. The Bertz CT molecular complexity index is 1370. The lowest BCUT2D eigenvalue weighted by molar-refractivity contribution is 0.0507. The quantitative estimate of drug-likeness (QED) is 0.231. The number of rotatable bonds is 9. The van der Waals surface area contributed by atoms with Crippen LogP contribution in [-0.2, 0) is 4.57 Å². The first-order valence-corrected chi connectivity index (χ1v) is 16.6. The van der Waals surface area contributed by atoms with Gasteiger partial charge in [0.25, 0.3) is 0 Å². The highest BCUT2D eigenvalue weighted by Crippen LogP contribution is 2.50. The van der Waals surface area contributed by atoms with E-state index in [-0.39, 0.29) is 6.61 Å². The molecule has 0 atom stereocenters. The van der Waals surface area contributed by atoms with Crippen molar-refractivity contribution < 1.29 is 9.67 Å². The first kappa shape index (κ1) is 28.2. The number of nitrogens with one attached hydrogen (secondary N) is 3. The molecule has 0 bridgehead atoms. The van der Waals surface area contributed by atoms with Crippen LogP contribution in [0.25, 0.3) is 0 Å². The van der Waals surface area contributed by atoms with E-state index in [1.807, 2.05) is 42.5 Å². The van der Waals surface area contributed by atoms with Gasteiger partial charge in [-0.05, 0) is 74.8 Å². The number of benzene rings is 2. The van der Waals surface area contributed by atoms with Crippen molar-refractivity contribution in [3.8, 4) is 0 Å². The second-order valence-corrected chi connectivity index (χ2v) is 14.9. The molecule has 1 saturated heterocycles. The molecule has 1 saturated carbocycles. The number of hydrogen-bond donors (Lipinski definition) is 4. The fourth-order valence-corrected chi connectivity index (χ4v) is 7.28. The van der Waals surface area contributed by atoms with Crippen LogP contribution >= 0.6 is 30.3 Å². The van der Waals surface area contributed by atoms with Crippen LogP contribution in [0.5, 0.6) is 0 Å². The van der Waals surface area contributed by atoms with Crippen LogP contribution in [0.4, 0.5) is 28.8 Å². The number of nitrogens with zero attached hydrogens (tertiary/aromatic N) is 3. The summed E-state index contributed by atoms with van der Waals surface area (Å²) in [5.74, 6) is 0.790. The Morgan fingerprint density at radius 2 is 1.82 bits per heavy atom. The first-order valence-electron chi connectivity index (χ1n) is 13.3. The van der Waals surface area contributed by atoms with E-state index in [9.17, 15) is 4.57 Å². The zero-order valence-electron chi connectivity index (χ0n) is 22.3. The minimum Gasteiger partial charge on any atom is -0.395 e. The van der Waals surface area contributed by atoms with Gasteiger partial charge >= 0.3 is 0 Å². The third-order valence-electron chi connectivity index (χ3n) is 7.75. The van der Waals surface area contributed by atoms with E-state index in [2.05, 4.69) is 30.8 Å². The summed E-state index contributed by atoms with van der Waals surface area (Å²) in [6.45, 7) is 6.31. The number of para-hydroxylation sites is 1. The number of anilines is 5. The van der Waals surface area contributed by atoms with Crippen molar-refractivity contribution in [2.75, 3.05) is 55.1 Å². The predicted molar refractivity (Wildman–Crippen MR) is 163 cm³/mol. The average Bonchev–Trinajstić information content (AvgIpc) is 2.88. The van der Waals surface area contributed by atoms with Gasteiger partial charge in [-0.2, -0.15) is 4.98 Å². The highest BCUT2D eigenvalue weighted by molar-refractivity contribution is 7.70. The van der Waals surface area contributed by atoms with E-state index >= 15 is 0 Å². The second-order valence-electron chi connectivity index (χ2n) is 10.9. The minimum absolute atomic E-state index is 0.194. The summed E-state index contributed by atoms with van der Waals surface area (Å²) in [7, 11) is -2.50. The van der Waals surface area contributed by atoms with Crippen LogP contribution in [0.2, 0.25) is 10.0 Å². The Morgan fingerprint density at radius 1 is 1.08 bits per heavy atom. The summed E-state index contributed by atoms with van der Waals surface area (Å²) in [6.07, 6.45) is 6.23. The summed E-state index contributed by atoms with van der Waals surface area (Å²) >= 11 is 13.1. The molecule has 0 radical (unpaired) electrons. The van der Waals surface area contributed by atoms with Gasteiger partial charge in [0.15, 0.2) is 5.82 Å². The molecule has 39 heavy (non-hydrogen) atoms. The van der Waals surface area contributed by atoms with Crippen molar-refractivity contribution >= 4 is 64.5 Å². The van der Waals surface area contributed by atoms with Gasteiger partial charge in [-0.25, -0.2) is 4.98 Å². The molecule has 1 aromatic heterocycles. The summed E-state index contributed by atoms with van der Waals surface area (Å²) < 4.78 is 12.7. The maximum absolute atomic E-state index is 12.7. The maximum Gasteiger partial charge on any atom is 0.229 e. The topological polar surface area (TPSA) is 102 Å². The van der Waals surface area contributed by atoms with Gasteiger partial charge in [-0.3, -0.25) is 0 Å². The molecule has 2 aromatic carbocycles. The maximum atomic E-state index is 12.7. The fraction of sp³-hybridized carbons (Fsp3) is 0.429. The third-order valence-corrected chi connectivity index (χ3v) is 9.88.